The molecule has 0 saturated heterocycles. The maximum absolute atomic E-state index is 5.23. The molecule has 0 atom stereocenters. The van der Waals surface area contributed by atoms with Gasteiger partial charge in [-0.25, -0.2) is 0 Å². The zero-order valence-corrected chi connectivity index (χ0v) is 17.8. The predicted molar refractivity (Wildman–Crippen MR) is 122 cm³/mol. The highest BCUT2D eigenvalue weighted by atomic mass is 16.5. The van der Waals surface area contributed by atoms with E-state index in [9.17, 15) is 0 Å². The van der Waals surface area contributed by atoms with Gasteiger partial charge in [0.2, 0.25) is 17.8 Å². The normalized spacial score (nSPS) is 14.1. The van der Waals surface area contributed by atoms with Gasteiger partial charge in [-0.1, -0.05) is 31.4 Å². The Kier molecular flexibility index (Phi) is 7.10. The first-order chi connectivity index (χ1) is 15.3. The summed E-state index contributed by atoms with van der Waals surface area (Å²) in [5.74, 6) is 2.53. The molecule has 0 aliphatic heterocycles. The van der Waals surface area contributed by atoms with Crippen molar-refractivity contribution in [1.82, 2.24) is 19.9 Å². The van der Waals surface area contributed by atoms with E-state index in [1.807, 2.05) is 36.4 Å². The third-order valence-electron chi connectivity index (χ3n) is 5.38. The lowest BCUT2D eigenvalue weighted by atomic mass is 9.96. The van der Waals surface area contributed by atoms with Gasteiger partial charge in [0, 0.05) is 31.5 Å². The van der Waals surface area contributed by atoms with Crippen LogP contribution in [0.4, 0.5) is 17.8 Å². The van der Waals surface area contributed by atoms with E-state index in [0.717, 1.165) is 29.7 Å². The first-order valence-electron chi connectivity index (χ1n) is 10.8. The van der Waals surface area contributed by atoms with Gasteiger partial charge >= 0.3 is 0 Å². The fourth-order valence-corrected chi connectivity index (χ4v) is 3.63. The van der Waals surface area contributed by atoms with Gasteiger partial charge in [-0.05, 0) is 48.2 Å². The Bertz CT molecular complexity index is 944. The van der Waals surface area contributed by atoms with Gasteiger partial charge in [-0.3, -0.25) is 4.98 Å². The molecule has 31 heavy (non-hydrogen) atoms. The van der Waals surface area contributed by atoms with E-state index < -0.39 is 0 Å². The summed E-state index contributed by atoms with van der Waals surface area (Å²) >= 11 is 0. The molecule has 0 amide bonds. The second-order valence-electron chi connectivity index (χ2n) is 7.70. The number of anilines is 3. The van der Waals surface area contributed by atoms with E-state index in [2.05, 4.69) is 35.9 Å². The SMILES string of the molecule is COc1ccc(CNc2nc(NCc3ccncc3)nc(NC3CCCCC3)n2)cc1. The van der Waals surface area contributed by atoms with E-state index >= 15 is 0 Å². The number of nitrogens with one attached hydrogen (secondary N) is 3. The fourth-order valence-electron chi connectivity index (χ4n) is 3.63. The minimum atomic E-state index is 0.415. The summed E-state index contributed by atoms with van der Waals surface area (Å²) < 4.78 is 5.23. The summed E-state index contributed by atoms with van der Waals surface area (Å²) in [5.41, 5.74) is 2.24. The Morgan fingerprint density at radius 1 is 0.774 bits per heavy atom. The Labute approximate surface area is 182 Å². The number of methoxy groups -OCH3 is 1. The number of hydrogen-bond donors (Lipinski definition) is 3. The van der Waals surface area contributed by atoms with Gasteiger partial charge in [0.15, 0.2) is 0 Å². The lowest BCUT2D eigenvalue weighted by Gasteiger charge is -2.23. The number of aromatic nitrogens is 4. The number of nitrogens with zero attached hydrogens (tertiary/aromatic N) is 4. The van der Waals surface area contributed by atoms with Crippen molar-refractivity contribution in [1.29, 1.82) is 0 Å². The average Bonchev–Trinajstić information content (AvgIpc) is 2.83. The molecule has 4 rings (SSSR count). The molecule has 8 nitrogen and oxygen atoms in total. The van der Waals surface area contributed by atoms with Crippen molar-refractivity contribution in [3.63, 3.8) is 0 Å². The molecule has 1 aliphatic carbocycles. The summed E-state index contributed by atoms with van der Waals surface area (Å²) in [6.45, 7) is 1.23. The van der Waals surface area contributed by atoms with Crippen molar-refractivity contribution in [3.05, 3.63) is 59.9 Å². The molecule has 0 spiro atoms. The summed E-state index contributed by atoms with van der Waals surface area (Å²) in [5, 5.41) is 10.1. The summed E-state index contributed by atoms with van der Waals surface area (Å²) in [7, 11) is 1.67. The van der Waals surface area contributed by atoms with Crippen LogP contribution in [0.2, 0.25) is 0 Å². The highest BCUT2D eigenvalue weighted by Crippen LogP contribution is 2.21. The third-order valence-corrected chi connectivity index (χ3v) is 5.38. The number of ether oxygens (including phenoxy) is 1. The van der Waals surface area contributed by atoms with Crippen molar-refractivity contribution in [2.24, 2.45) is 0 Å². The van der Waals surface area contributed by atoms with E-state index in [0.29, 0.717) is 37.0 Å². The van der Waals surface area contributed by atoms with Crippen LogP contribution in [-0.2, 0) is 13.1 Å². The topological polar surface area (TPSA) is 96.9 Å². The van der Waals surface area contributed by atoms with E-state index in [4.69, 9.17) is 4.74 Å². The molecule has 0 unspecified atom stereocenters. The smallest absolute Gasteiger partial charge is 0.229 e. The molecule has 1 fully saturated rings. The average molecular weight is 420 g/mol. The van der Waals surface area contributed by atoms with E-state index in [1.54, 1.807) is 19.5 Å². The van der Waals surface area contributed by atoms with Crippen LogP contribution in [0.15, 0.2) is 48.8 Å². The molecule has 1 aromatic carbocycles. The molecular weight excluding hydrogens is 390 g/mol. The van der Waals surface area contributed by atoms with Crippen molar-refractivity contribution < 1.29 is 4.74 Å². The summed E-state index contributed by atoms with van der Waals surface area (Å²) in [6, 6.07) is 12.3. The van der Waals surface area contributed by atoms with E-state index in [-0.39, 0.29) is 0 Å². The first kappa shape index (κ1) is 20.8. The molecule has 2 heterocycles. The Balaban J connectivity index is 1.46. The minimum absolute atomic E-state index is 0.415. The lowest BCUT2D eigenvalue weighted by molar-refractivity contribution is 0.414. The molecule has 3 N–H and O–H groups in total. The van der Waals surface area contributed by atoms with Gasteiger partial charge < -0.3 is 20.7 Å². The predicted octanol–water partition coefficient (Wildman–Crippen LogP) is 4.24. The quantitative estimate of drug-likeness (QED) is 0.474. The molecule has 162 valence electrons. The standard InChI is InChI=1S/C23H29N7O/c1-31-20-9-7-17(8-10-20)15-25-21-28-22(26-16-18-11-13-24-14-12-18)30-23(29-21)27-19-5-3-2-4-6-19/h7-14,19H,2-6,15-16H2,1H3,(H3,25,26,27,28,29,30). The second kappa shape index (κ2) is 10.6. The number of pyridine rings is 1. The van der Waals surface area contributed by atoms with Crippen LogP contribution < -0.4 is 20.7 Å². The molecule has 3 aromatic rings. The van der Waals surface area contributed by atoms with Crippen LogP contribution in [-0.4, -0.2) is 33.1 Å². The highest BCUT2D eigenvalue weighted by molar-refractivity contribution is 5.43. The lowest BCUT2D eigenvalue weighted by Crippen LogP contribution is -2.24. The molecule has 2 aromatic heterocycles. The zero-order chi connectivity index (χ0) is 21.3. The monoisotopic (exact) mass is 419 g/mol. The Hall–Kier alpha value is -3.42. The van der Waals surface area contributed by atoms with Gasteiger partial charge in [0.25, 0.3) is 0 Å². The van der Waals surface area contributed by atoms with Crippen LogP contribution in [0.3, 0.4) is 0 Å². The van der Waals surface area contributed by atoms with Crippen molar-refractivity contribution in [2.45, 2.75) is 51.2 Å². The van der Waals surface area contributed by atoms with E-state index in [1.165, 1.54) is 19.3 Å². The number of hydrogen-bond acceptors (Lipinski definition) is 8. The maximum Gasteiger partial charge on any atom is 0.229 e. The number of rotatable bonds is 9. The van der Waals surface area contributed by atoms with Crippen LogP contribution in [0.1, 0.15) is 43.2 Å². The summed E-state index contributed by atoms with van der Waals surface area (Å²) in [6.07, 6.45) is 9.67. The zero-order valence-electron chi connectivity index (χ0n) is 17.8. The largest absolute Gasteiger partial charge is 0.497 e. The van der Waals surface area contributed by atoms with Gasteiger partial charge in [0.05, 0.1) is 7.11 Å². The molecular formula is C23H29N7O. The van der Waals surface area contributed by atoms with Gasteiger partial charge in [0.1, 0.15) is 5.75 Å². The molecule has 8 heteroatoms. The van der Waals surface area contributed by atoms with Crippen LogP contribution >= 0.6 is 0 Å². The Morgan fingerprint density at radius 3 is 1.97 bits per heavy atom. The van der Waals surface area contributed by atoms with Crippen molar-refractivity contribution >= 4 is 17.8 Å². The van der Waals surface area contributed by atoms with Crippen LogP contribution in [0, 0.1) is 0 Å². The van der Waals surface area contributed by atoms with Gasteiger partial charge in [-0.15, -0.1) is 0 Å². The van der Waals surface area contributed by atoms with Gasteiger partial charge in [-0.2, -0.15) is 15.0 Å². The highest BCUT2D eigenvalue weighted by Gasteiger charge is 2.15. The third kappa shape index (κ3) is 6.28. The van der Waals surface area contributed by atoms with Crippen LogP contribution in [0.25, 0.3) is 0 Å². The number of benzene rings is 1. The Morgan fingerprint density at radius 2 is 1.35 bits per heavy atom. The molecule has 0 bridgehead atoms. The van der Waals surface area contributed by atoms with Crippen LogP contribution in [0.5, 0.6) is 5.75 Å². The minimum Gasteiger partial charge on any atom is -0.497 e. The first-order valence-corrected chi connectivity index (χ1v) is 10.8. The van der Waals surface area contributed by atoms with Crippen molar-refractivity contribution in [2.75, 3.05) is 23.1 Å². The molecule has 1 saturated carbocycles. The molecule has 0 radical (unpaired) electrons. The maximum atomic E-state index is 5.23. The second-order valence-corrected chi connectivity index (χ2v) is 7.70. The molecule has 1 aliphatic rings. The van der Waals surface area contributed by atoms with Crippen molar-refractivity contribution in [3.8, 4) is 5.75 Å². The summed E-state index contributed by atoms with van der Waals surface area (Å²) in [4.78, 5) is 17.8. The fraction of sp³-hybridized carbons (Fsp3) is 0.391.